The second-order valence-electron chi connectivity index (χ2n) is 2.95. The molecule has 0 aromatic carbocycles. The first-order valence-electron chi connectivity index (χ1n) is 3.91. The summed E-state index contributed by atoms with van der Waals surface area (Å²) >= 11 is 4.97. The molecule has 7 heteroatoms. The van der Waals surface area contributed by atoms with E-state index in [0.717, 1.165) is 0 Å². The molecule has 1 aliphatic carbocycles. The smallest absolute Gasteiger partial charge is 0.369 e. The van der Waals surface area contributed by atoms with Crippen molar-refractivity contribution >= 4 is 16.8 Å². The van der Waals surface area contributed by atoms with Crippen LogP contribution in [0.25, 0.3) is 0 Å². The minimum Gasteiger partial charge on any atom is -0.369 e. The lowest BCUT2D eigenvalue weighted by Crippen LogP contribution is -2.41. The Kier molecular flexibility index (Phi) is 3.74. The van der Waals surface area contributed by atoms with Crippen molar-refractivity contribution in [3.63, 3.8) is 0 Å². The SMILES string of the molecule is O=C(Cl)COC1CC(OC(F)(F)F)C1. The van der Waals surface area contributed by atoms with Gasteiger partial charge in [0.1, 0.15) is 6.61 Å². The fourth-order valence-electron chi connectivity index (χ4n) is 1.12. The van der Waals surface area contributed by atoms with Crippen LogP contribution in [0.5, 0.6) is 0 Å². The highest BCUT2D eigenvalue weighted by atomic mass is 35.5. The molecule has 1 aliphatic rings. The molecule has 3 nitrogen and oxygen atoms in total. The molecule has 0 radical (unpaired) electrons. The van der Waals surface area contributed by atoms with Crippen molar-refractivity contribution in [3.8, 4) is 0 Å². The highest BCUT2D eigenvalue weighted by Gasteiger charge is 2.40. The number of rotatable bonds is 4. The van der Waals surface area contributed by atoms with Crippen LogP contribution in [0, 0.1) is 0 Å². The van der Waals surface area contributed by atoms with Gasteiger partial charge in [0.25, 0.3) is 0 Å². The van der Waals surface area contributed by atoms with Crippen LogP contribution in [0.4, 0.5) is 13.2 Å². The quantitative estimate of drug-likeness (QED) is 0.694. The van der Waals surface area contributed by atoms with Crippen molar-refractivity contribution in [1.82, 2.24) is 0 Å². The molecule has 0 aromatic rings. The third-order valence-electron chi connectivity index (χ3n) is 1.78. The maximum Gasteiger partial charge on any atom is 0.522 e. The van der Waals surface area contributed by atoms with Crippen molar-refractivity contribution < 1.29 is 27.4 Å². The zero-order valence-corrected chi connectivity index (χ0v) is 7.77. The Morgan fingerprint density at radius 2 is 1.93 bits per heavy atom. The molecule has 82 valence electrons. The highest BCUT2D eigenvalue weighted by molar-refractivity contribution is 6.63. The summed E-state index contributed by atoms with van der Waals surface area (Å²) in [6.45, 7) is -0.273. The lowest BCUT2D eigenvalue weighted by molar-refractivity contribution is -0.357. The lowest BCUT2D eigenvalue weighted by atomic mass is 9.92. The first-order valence-corrected chi connectivity index (χ1v) is 4.29. The van der Waals surface area contributed by atoms with E-state index in [-0.39, 0.29) is 25.6 Å². The van der Waals surface area contributed by atoms with Gasteiger partial charge in [0.05, 0.1) is 12.2 Å². The Morgan fingerprint density at radius 3 is 2.36 bits per heavy atom. The lowest BCUT2D eigenvalue weighted by Gasteiger charge is -2.34. The van der Waals surface area contributed by atoms with Crippen LogP contribution >= 0.6 is 11.6 Å². The van der Waals surface area contributed by atoms with Gasteiger partial charge in [-0.05, 0) is 11.6 Å². The number of carbonyl (C=O) groups excluding carboxylic acids is 1. The van der Waals surface area contributed by atoms with Crippen LogP contribution in [0.3, 0.4) is 0 Å². The van der Waals surface area contributed by atoms with E-state index in [2.05, 4.69) is 4.74 Å². The molecule has 0 N–H and O–H groups in total. The molecule has 0 unspecified atom stereocenters. The fourth-order valence-corrected chi connectivity index (χ4v) is 1.19. The normalized spacial score (nSPS) is 27.1. The van der Waals surface area contributed by atoms with E-state index >= 15 is 0 Å². The first kappa shape index (κ1) is 11.7. The van der Waals surface area contributed by atoms with Gasteiger partial charge in [-0.25, -0.2) is 0 Å². The monoisotopic (exact) mass is 232 g/mol. The second-order valence-corrected chi connectivity index (χ2v) is 3.37. The molecular weight excluding hydrogens is 225 g/mol. The van der Waals surface area contributed by atoms with E-state index in [0.29, 0.717) is 0 Å². The summed E-state index contributed by atoms with van der Waals surface area (Å²) in [6.07, 6.45) is -5.53. The standard InChI is InChI=1S/C7H8ClF3O3/c8-6(12)3-13-4-1-5(2-4)14-7(9,10)11/h4-5H,1-3H2. The number of hydrogen-bond donors (Lipinski definition) is 0. The Morgan fingerprint density at radius 1 is 1.36 bits per heavy atom. The van der Waals surface area contributed by atoms with Gasteiger partial charge in [0.2, 0.25) is 5.24 Å². The minimum atomic E-state index is -4.60. The summed E-state index contributed by atoms with van der Waals surface area (Å²) in [4.78, 5) is 10.2. The molecule has 0 saturated heterocycles. The molecule has 1 saturated carbocycles. The molecule has 1 rings (SSSR count). The van der Waals surface area contributed by atoms with E-state index in [1.54, 1.807) is 0 Å². The van der Waals surface area contributed by atoms with Gasteiger partial charge < -0.3 is 4.74 Å². The number of halogens is 4. The van der Waals surface area contributed by atoms with Crippen LogP contribution in [-0.4, -0.2) is 30.4 Å². The predicted octanol–water partition coefficient (Wildman–Crippen LogP) is 1.84. The summed E-state index contributed by atoms with van der Waals surface area (Å²) in [7, 11) is 0. The maximum atomic E-state index is 11.6. The van der Waals surface area contributed by atoms with Crippen molar-refractivity contribution in [3.05, 3.63) is 0 Å². The van der Waals surface area contributed by atoms with Gasteiger partial charge in [0, 0.05) is 12.8 Å². The summed E-state index contributed by atoms with van der Waals surface area (Å²) in [6, 6.07) is 0. The van der Waals surface area contributed by atoms with Crippen LogP contribution in [-0.2, 0) is 14.3 Å². The number of ether oxygens (including phenoxy) is 2. The maximum absolute atomic E-state index is 11.6. The zero-order chi connectivity index (χ0) is 10.8. The van der Waals surface area contributed by atoms with Crippen LogP contribution in [0.2, 0.25) is 0 Å². The summed E-state index contributed by atoms with van der Waals surface area (Å²) in [5.74, 6) is 0. The van der Waals surface area contributed by atoms with Crippen molar-refractivity contribution in [2.75, 3.05) is 6.61 Å². The topological polar surface area (TPSA) is 35.5 Å². The Hall–Kier alpha value is -0.330. The summed E-state index contributed by atoms with van der Waals surface area (Å²) in [5.41, 5.74) is 0. The third-order valence-corrected chi connectivity index (χ3v) is 1.89. The number of alkyl halides is 3. The first-order chi connectivity index (χ1) is 6.37. The molecule has 0 atom stereocenters. The highest BCUT2D eigenvalue weighted by Crippen LogP contribution is 2.31. The summed E-state index contributed by atoms with van der Waals surface area (Å²) < 4.78 is 43.5. The molecule has 0 amide bonds. The van der Waals surface area contributed by atoms with E-state index < -0.39 is 17.7 Å². The third kappa shape index (κ3) is 4.26. The average Bonchev–Trinajstić information content (AvgIpc) is 1.90. The van der Waals surface area contributed by atoms with Crippen molar-refractivity contribution in [1.29, 1.82) is 0 Å². The van der Waals surface area contributed by atoms with Crippen LogP contribution in [0.15, 0.2) is 0 Å². The van der Waals surface area contributed by atoms with Gasteiger partial charge in [-0.1, -0.05) is 0 Å². The number of hydrogen-bond acceptors (Lipinski definition) is 3. The fraction of sp³-hybridized carbons (Fsp3) is 0.857. The van der Waals surface area contributed by atoms with Crippen molar-refractivity contribution in [2.45, 2.75) is 31.4 Å². The summed E-state index contributed by atoms with van der Waals surface area (Å²) in [5, 5.41) is -0.662. The van der Waals surface area contributed by atoms with E-state index in [9.17, 15) is 18.0 Å². The average molecular weight is 233 g/mol. The Labute approximate surface area is 83.1 Å². The van der Waals surface area contributed by atoms with E-state index in [1.807, 2.05) is 0 Å². The number of carbonyl (C=O) groups is 1. The zero-order valence-electron chi connectivity index (χ0n) is 7.01. The molecule has 14 heavy (non-hydrogen) atoms. The van der Waals surface area contributed by atoms with E-state index in [4.69, 9.17) is 16.3 Å². The van der Waals surface area contributed by atoms with Gasteiger partial charge in [-0.2, -0.15) is 0 Å². The predicted molar refractivity (Wildman–Crippen MR) is 40.8 cm³/mol. The molecule has 0 aromatic heterocycles. The van der Waals surface area contributed by atoms with E-state index in [1.165, 1.54) is 0 Å². The molecule has 0 bridgehead atoms. The second kappa shape index (κ2) is 4.46. The molecular formula is C7H8ClF3O3. The van der Waals surface area contributed by atoms with Crippen LogP contribution in [0.1, 0.15) is 12.8 Å². The van der Waals surface area contributed by atoms with Gasteiger partial charge in [-0.15, -0.1) is 13.2 Å². The Bertz CT molecular complexity index is 213. The van der Waals surface area contributed by atoms with Gasteiger partial charge >= 0.3 is 6.36 Å². The molecule has 0 spiro atoms. The molecule has 1 fully saturated rings. The molecule has 0 aliphatic heterocycles. The van der Waals surface area contributed by atoms with Crippen molar-refractivity contribution in [2.24, 2.45) is 0 Å². The largest absolute Gasteiger partial charge is 0.522 e. The van der Waals surface area contributed by atoms with Gasteiger partial charge in [-0.3, -0.25) is 9.53 Å². The van der Waals surface area contributed by atoms with Gasteiger partial charge in [0.15, 0.2) is 0 Å². The minimum absolute atomic E-state index is 0.143. The van der Waals surface area contributed by atoms with Crippen LogP contribution < -0.4 is 0 Å². The molecule has 0 heterocycles. The Balaban J connectivity index is 2.09.